The van der Waals surface area contributed by atoms with Gasteiger partial charge in [-0.15, -0.1) is 0 Å². The average Bonchev–Trinajstić information content (AvgIpc) is 2.18. The lowest BCUT2D eigenvalue weighted by Gasteiger charge is -2.28. The van der Waals surface area contributed by atoms with Crippen LogP contribution >= 0.6 is 0 Å². The van der Waals surface area contributed by atoms with Gasteiger partial charge in [0.1, 0.15) is 0 Å². The van der Waals surface area contributed by atoms with Gasteiger partial charge in [0.05, 0.1) is 18.2 Å². The van der Waals surface area contributed by atoms with E-state index in [-0.39, 0.29) is 12.1 Å². The zero-order valence-electron chi connectivity index (χ0n) is 8.90. The van der Waals surface area contributed by atoms with E-state index in [9.17, 15) is 9.65 Å². The topological polar surface area (TPSA) is 23.8 Å². The molecule has 0 spiro atoms. The van der Waals surface area contributed by atoms with Crippen LogP contribution in [0.5, 0.6) is 0 Å². The molecule has 0 unspecified atom stereocenters. The largest absolute Gasteiger partial charge is 0.251 e. The first-order valence-corrected chi connectivity index (χ1v) is 5.80. The summed E-state index contributed by atoms with van der Waals surface area (Å²) in [5.74, 6) is 0. The quantitative estimate of drug-likeness (QED) is 0.671. The van der Waals surface area contributed by atoms with Gasteiger partial charge >= 0.3 is 0 Å². The van der Waals surface area contributed by atoms with Gasteiger partial charge in [0.15, 0.2) is 0 Å². The van der Waals surface area contributed by atoms with E-state index in [1.54, 1.807) is 0 Å². The highest BCUT2D eigenvalue weighted by atomic mass is 19.1. The van der Waals surface area contributed by atoms with Crippen molar-refractivity contribution < 1.29 is 4.39 Å². The third-order valence-electron chi connectivity index (χ3n) is 3.34. The van der Waals surface area contributed by atoms with E-state index in [1.807, 2.05) is 0 Å². The molecule has 0 aromatic carbocycles. The maximum Gasteiger partial charge on any atom is 0.0895 e. The van der Waals surface area contributed by atoms with Gasteiger partial charge in [0.25, 0.3) is 0 Å². The number of nitrogens with zero attached hydrogens (tertiary/aromatic N) is 1. The zero-order chi connectivity index (χ0) is 10.3. The summed E-state index contributed by atoms with van der Waals surface area (Å²) in [4.78, 5) is 0. The molecule has 0 bridgehead atoms. The molecule has 0 N–H and O–H groups in total. The molecule has 0 amide bonds. The molecule has 1 nitrogen and oxygen atoms in total. The van der Waals surface area contributed by atoms with Gasteiger partial charge in [-0.1, -0.05) is 32.1 Å². The summed E-state index contributed by atoms with van der Waals surface area (Å²) in [5.41, 5.74) is -0.188. The maximum absolute atomic E-state index is 12.1. The third kappa shape index (κ3) is 3.29. The van der Waals surface area contributed by atoms with E-state index in [0.717, 1.165) is 32.1 Å². The molecule has 1 aliphatic rings. The Balaban J connectivity index is 2.50. The van der Waals surface area contributed by atoms with Crippen molar-refractivity contribution in [3.05, 3.63) is 0 Å². The Morgan fingerprint density at radius 3 is 2.14 bits per heavy atom. The molecule has 0 radical (unpaired) electrons. The van der Waals surface area contributed by atoms with Crippen LogP contribution in [0.3, 0.4) is 0 Å². The van der Waals surface area contributed by atoms with Gasteiger partial charge < -0.3 is 0 Å². The lowest BCUT2D eigenvalue weighted by atomic mass is 9.74. The SMILES string of the molecule is N#CC1(CCCF)CCCCCCC1. The molecule has 1 aliphatic carbocycles. The maximum atomic E-state index is 12.1. The second kappa shape index (κ2) is 6.01. The Labute approximate surface area is 86.3 Å². The Bertz CT molecular complexity index is 181. The van der Waals surface area contributed by atoms with Crippen LogP contribution in [0, 0.1) is 16.7 Å². The molecule has 0 aromatic heterocycles. The fourth-order valence-corrected chi connectivity index (χ4v) is 2.41. The highest BCUT2D eigenvalue weighted by molar-refractivity contribution is 4.99. The van der Waals surface area contributed by atoms with Gasteiger partial charge in [0.2, 0.25) is 0 Å². The Morgan fingerprint density at radius 2 is 1.64 bits per heavy atom. The molecule has 80 valence electrons. The van der Waals surface area contributed by atoms with Crippen molar-refractivity contribution in [1.82, 2.24) is 0 Å². The van der Waals surface area contributed by atoms with Gasteiger partial charge in [-0.2, -0.15) is 5.26 Å². The molecule has 1 saturated carbocycles. The number of hydrogen-bond donors (Lipinski definition) is 0. The normalized spacial score (nSPS) is 22.0. The van der Waals surface area contributed by atoms with Crippen molar-refractivity contribution in [1.29, 1.82) is 5.26 Å². The summed E-state index contributed by atoms with van der Waals surface area (Å²) in [5, 5.41) is 9.21. The molecule has 0 saturated heterocycles. The number of halogens is 1. The summed E-state index contributed by atoms with van der Waals surface area (Å²) in [6, 6.07) is 2.45. The molecular formula is C12H20FN. The summed E-state index contributed by atoms with van der Waals surface area (Å²) in [6.07, 6.45) is 9.42. The zero-order valence-corrected chi connectivity index (χ0v) is 8.90. The molecule has 1 rings (SSSR count). The first-order chi connectivity index (χ1) is 6.83. The first-order valence-electron chi connectivity index (χ1n) is 5.80. The molecule has 1 fully saturated rings. The standard InChI is InChI=1S/C12H20FN/c13-10-6-9-12(11-14)7-4-2-1-3-5-8-12/h1-10H2. The predicted molar refractivity (Wildman–Crippen MR) is 55.6 cm³/mol. The number of hydrogen-bond acceptors (Lipinski definition) is 1. The molecule has 14 heavy (non-hydrogen) atoms. The van der Waals surface area contributed by atoms with Crippen LogP contribution in [0.25, 0.3) is 0 Å². The van der Waals surface area contributed by atoms with Crippen molar-refractivity contribution in [2.75, 3.05) is 6.67 Å². The van der Waals surface area contributed by atoms with E-state index < -0.39 is 0 Å². The van der Waals surface area contributed by atoms with Crippen molar-refractivity contribution >= 4 is 0 Å². The number of nitriles is 1. The lowest BCUT2D eigenvalue weighted by molar-refractivity contribution is 0.253. The molecule has 0 aromatic rings. The summed E-state index contributed by atoms with van der Waals surface area (Å²) < 4.78 is 12.1. The van der Waals surface area contributed by atoms with Crippen molar-refractivity contribution in [3.8, 4) is 6.07 Å². The molecule has 2 heteroatoms. The van der Waals surface area contributed by atoms with Crippen LogP contribution in [-0.2, 0) is 0 Å². The van der Waals surface area contributed by atoms with E-state index in [4.69, 9.17) is 0 Å². The Kier molecular flexibility index (Phi) is 4.93. The van der Waals surface area contributed by atoms with Crippen LogP contribution < -0.4 is 0 Å². The summed E-state index contributed by atoms with van der Waals surface area (Å²) in [6.45, 7) is -0.274. The molecule has 0 atom stereocenters. The van der Waals surface area contributed by atoms with Crippen LogP contribution in [-0.4, -0.2) is 6.67 Å². The highest BCUT2D eigenvalue weighted by Crippen LogP contribution is 2.37. The minimum atomic E-state index is -0.274. The van der Waals surface area contributed by atoms with E-state index >= 15 is 0 Å². The van der Waals surface area contributed by atoms with Crippen molar-refractivity contribution in [3.63, 3.8) is 0 Å². The van der Waals surface area contributed by atoms with Crippen molar-refractivity contribution in [2.24, 2.45) is 5.41 Å². The second-order valence-electron chi connectivity index (χ2n) is 4.45. The van der Waals surface area contributed by atoms with Gasteiger partial charge in [-0.25, -0.2) is 0 Å². The minimum absolute atomic E-state index is 0.188. The van der Waals surface area contributed by atoms with Crippen molar-refractivity contribution in [2.45, 2.75) is 57.8 Å². The third-order valence-corrected chi connectivity index (χ3v) is 3.34. The monoisotopic (exact) mass is 197 g/mol. The smallest absolute Gasteiger partial charge is 0.0895 e. The second-order valence-corrected chi connectivity index (χ2v) is 4.45. The van der Waals surface area contributed by atoms with Gasteiger partial charge in [0, 0.05) is 0 Å². The van der Waals surface area contributed by atoms with Crippen LogP contribution in [0.4, 0.5) is 4.39 Å². The number of alkyl halides is 1. The Morgan fingerprint density at radius 1 is 1.07 bits per heavy atom. The minimum Gasteiger partial charge on any atom is -0.251 e. The van der Waals surface area contributed by atoms with E-state index in [1.165, 1.54) is 19.3 Å². The van der Waals surface area contributed by atoms with Gasteiger partial charge in [-0.3, -0.25) is 4.39 Å². The average molecular weight is 197 g/mol. The first kappa shape index (κ1) is 11.5. The molecule has 0 heterocycles. The fourth-order valence-electron chi connectivity index (χ4n) is 2.41. The molecular weight excluding hydrogens is 177 g/mol. The van der Waals surface area contributed by atoms with E-state index in [0.29, 0.717) is 6.42 Å². The number of rotatable bonds is 3. The summed E-state index contributed by atoms with van der Waals surface area (Å²) in [7, 11) is 0. The van der Waals surface area contributed by atoms with Crippen LogP contribution in [0.2, 0.25) is 0 Å². The Hall–Kier alpha value is -0.580. The molecule has 0 aliphatic heterocycles. The fraction of sp³-hybridized carbons (Fsp3) is 0.917. The van der Waals surface area contributed by atoms with Crippen LogP contribution in [0.1, 0.15) is 57.8 Å². The predicted octanol–water partition coefficient (Wildman–Crippen LogP) is 3.99. The van der Waals surface area contributed by atoms with E-state index in [2.05, 4.69) is 6.07 Å². The van der Waals surface area contributed by atoms with Gasteiger partial charge in [-0.05, 0) is 25.7 Å². The lowest BCUT2D eigenvalue weighted by Crippen LogP contribution is -2.20. The summed E-state index contributed by atoms with van der Waals surface area (Å²) >= 11 is 0. The van der Waals surface area contributed by atoms with Crippen LogP contribution in [0.15, 0.2) is 0 Å². The highest BCUT2D eigenvalue weighted by Gasteiger charge is 2.29.